The molecule has 5 nitrogen and oxygen atoms in total. The van der Waals surface area contributed by atoms with E-state index in [1.54, 1.807) is 0 Å². The Bertz CT molecular complexity index is 733. The van der Waals surface area contributed by atoms with Gasteiger partial charge in [-0.3, -0.25) is 4.79 Å². The number of carbonyl (C=O) groups is 2. The molecule has 0 aliphatic heterocycles. The van der Waals surface area contributed by atoms with Crippen molar-refractivity contribution in [3.8, 4) is 5.75 Å². The molecule has 2 aromatic carbocycles. The first-order valence-corrected chi connectivity index (χ1v) is 6.09. The standard InChI is InChI=1S/C14H9ClFNO4/c15-8-2-3-9(12(18)6-8)13(19)17-11-4-1-7(14(20)21)5-10(11)16/h1-6,18H,(H,17,19)(H,20,21). The zero-order valence-electron chi connectivity index (χ0n) is 10.4. The number of aromatic carboxylic acids is 1. The van der Waals surface area contributed by atoms with E-state index >= 15 is 0 Å². The van der Waals surface area contributed by atoms with E-state index in [-0.39, 0.29) is 27.6 Å². The maximum absolute atomic E-state index is 13.7. The Morgan fingerprint density at radius 2 is 1.86 bits per heavy atom. The summed E-state index contributed by atoms with van der Waals surface area (Å²) in [6.45, 7) is 0. The van der Waals surface area contributed by atoms with E-state index in [1.807, 2.05) is 0 Å². The second-order valence-electron chi connectivity index (χ2n) is 4.12. The predicted molar refractivity (Wildman–Crippen MR) is 74.4 cm³/mol. The second kappa shape index (κ2) is 5.80. The van der Waals surface area contributed by atoms with Crippen molar-refractivity contribution in [3.63, 3.8) is 0 Å². The van der Waals surface area contributed by atoms with Crippen LogP contribution in [0.5, 0.6) is 5.75 Å². The largest absolute Gasteiger partial charge is 0.507 e. The SMILES string of the molecule is O=C(O)c1ccc(NC(=O)c2ccc(Cl)cc2O)c(F)c1. The minimum absolute atomic E-state index is 0.0823. The third kappa shape index (κ3) is 3.29. The fraction of sp³-hybridized carbons (Fsp3) is 0. The molecule has 2 rings (SSSR count). The fourth-order valence-corrected chi connectivity index (χ4v) is 1.80. The van der Waals surface area contributed by atoms with Crippen LogP contribution in [0, 0.1) is 5.82 Å². The normalized spacial score (nSPS) is 10.2. The number of carboxylic acid groups (broad SMARTS) is 1. The Morgan fingerprint density at radius 1 is 1.14 bits per heavy atom. The zero-order chi connectivity index (χ0) is 15.6. The Morgan fingerprint density at radius 3 is 2.43 bits per heavy atom. The number of carboxylic acids is 1. The molecule has 108 valence electrons. The average Bonchev–Trinajstić information content (AvgIpc) is 2.40. The Kier molecular flexibility index (Phi) is 4.09. The molecule has 7 heteroatoms. The summed E-state index contributed by atoms with van der Waals surface area (Å²) in [5, 5.41) is 20.8. The maximum atomic E-state index is 13.7. The highest BCUT2D eigenvalue weighted by atomic mass is 35.5. The lowest BCUT2D eigenvalue weighted by atomic mass is 10.1. The van der Waals surface area contributed by atoms with Crippen molar-refractivity contribution in [2.24, 2.45) is 0 Å². The highest BCUT2D eigenvalue weighted by Gasteiger charge is 2.15. The van der Waals surface area contributed by atoms with Gasteiger partial charge in [-0.05, 0) is 36.4 Å². The molecule has 1 amide bonds. The van der Waals surface area contributed by atoms with Gasteiger partial charge in [0.15, 0.2) is 0 Å². The average molecular weight is 310 g/mol. The number of nitrogens with one attached hydrogen (secondary N) is 1. The van der Waals surface area contributed by atoms with E-state index < -0.39 is 17.7 Å². The van der Waals surface area contributed by atoms with Crippen molar-refractivity contribution < 1.29 is 24.2 Å². The molecule has 0 spiro atoms. The van der Waals surface area contributed by atoms with Gasteiger partial charge in [-0.25, -0.2) is 9.18 Å². The molecule has 0 atom stereocenters. The third-order valence-electron chi connectivity index (χ3n) is 2.67. The van der Waals surface area contributed by atoms with Crippen LogP contribution in [0.3, 0.4) is 0 Å². The van der Waals surface area contributed by atoms with Crippen molar-refractivity contribution in [3.05, 3.63) is 58.4 Å². The van der Waals surface area contributed by atoms with Crippen LogP contribution in [0.1, 0.15) is 20.7 Å². The minimum atomic E-state index is -1.28. The number of hydrogen-bond acceptors (Lipinski definition) is 3. The minimum Gasteiger partial charge on any atom is -0.507 e. The van der Waals surface area contributed by atoms with Crippen LogP contribution in [0.15, 0.2) is 36.4 Å². The highest BCUT2D eigenvalue weighted by Crippen LogP contribution is 2.24. The Balaban J connectivity index is 2.25. The molecule has 21 heavy (non-hydrogen) atoms. The van der Waals surface area contributed by atoms with Gasteiger partial charge in [0.05, 0.1) is 16.8 Å². The molecule has 0 unspecified atom stereocenters. The van der Waals surface area contributed by atoms with Crippen molar-refractivity contribution >= 4 is 29.2 Å². The molecular weight excluding hydrogens is 301 g/mol. The summed E-state index contributed by atoms with van der Waals surface area (Å²) in [5.74, 6) is -3.26. The summed E-state index contributed by atoms with van der Waals surface area (Å²) in [7, 11) is 0. The van der Waals surface area contributed by atoms with Gasteiger partial charge < -0.3 is 15.5 Å². The summed E-state index contributed by atoms with van der Waals surface area (Å²) in [6.07, 6.45) is 0. The van der Waals surface area contributed by atoms with Gasteiger partial charge in [0.1, 0.15) is 11.6 Å². The molecule has 0 saturated carbocycles. The third-order valence-corrected chi connectivity index (χ3v) is 2.90. The topological polar surface area (TPSA) is 86.6 Å². The van der Waals surface area contributed by atoms with E-state index in [1.165, 1.54) is 18.2 Å². The maximum Gasteiger partial charge on any atom is 0.335 e. The number of benzene rings is 2. The molecule has 0 saturated heterocycles. The predicted octanol–water partition coefficient (Wildman–Crippen LogP) is 3.14. The quantitative estimate of drug-likeness (QED) is 0.813. The van der Waals surface area contributed by atoms with Crippen molar-refractivity contribution in [2.45, 2.75) is 0 Å². The summed E-state index contributed by atoms with van der Waals surface area (Å²) >= 11 is 5.65. The van der Waals surface area contributed by atoms with Crippen LogP contribution >= 0.6 is 11.6 Å². The monoisotopic (exact) mass is 309 g/mol. The number of hydrogen-bond donors (Lipinski definition) is 3. The fourth-order valence-electron chi connectivity index (χ4n) is 1.64. The van der Waals surface area contributed by atoms with Gasteiger partial charge in [0, 0.05) is 5.02 Å². The molecule has 0 aliphatic carbocycles. The summed E-state index contributed by atoms with van der Waals surface area (Å²) < 4.78 is 13.7. The molecule has 0 heterocycles. The van der Waals surface area contributed by atoms with Crippen LogP contribution in [0.25, 0.3) is 0 Å². The molecular formula is C14H9ClFNO4. The Hall–Kier alpha value is -2.60. The summed E-state index contributed by atoms with van der Waals surface area (Å²) in [4.78, 5) is 22.6. The smallest absolute Gasteiger partial charge is 0.335 e. The first kappa shape index (κ1) is 14.8. The summed E-state index contributed by atoms with van der Waals surface area (Å²) in [5.41, 5.74) is -0.514. The molecule has 0 radical (unpaired) electrons. The first-order valence-electron chi connectivity index (χ1n) is 5.71. The lowest BCUT2D eigenvalue weighted by Gasteiger charge is -2.08. The van der Waals surface area contributed by atoms with E-state index in [4.69, 9.17) is 16.7 Å². The zero-order valence-corrected chi connectivity index (χ0v) is 11.2. The van der Waals surface area contributed by atoms with E-state index in [2.05, 4.69) is 5.32 Å². The van der Waals surface area contributed by atoms with Crippen LogP contribution in [-0.4, -0.2) is 22.1 Å². The van der Waals surface area contributed by atoms with Gasteiger partial charge in [-0.15, -0.1) is 0 Å². The van der Waals surface area contributed by atoms with Gasteiger partial charge in [-0.1, -0.05) is 11.6 Å². The van der Waals surface area contributed by atoms with E-state index in [9.17, 15) is 19.1 Å². The Labute approximate surface area is 123 Å². The van der Waals surface area contributed by atoms with E-state index in [0.29, 0.717) is 0 Å². The van der Waals surface area contributed by atoms with Gasteiger partial charge >= 0.3 is 5.97 Å². The first-order chi connectivity index (χ1) is 9.88. The number of carbonyl (C=O) groups excluding carboxylic acids is 1. The number of aromatic hydroxyl groups is 1. The van der Waals surface area contributed by atoms with Crippen LogP contribution in [0.4, 0.5) is 10.1 Å². The molecule has 3 N–H and O–H groups in total. The number of amides is 1. The lowest BCUT2D eigenvalue weighted by Crippen LogP contribution is -2.13. The molecule has 0 bridgehead atoms. The van der Waals surface area contributed by atoms with E-state index in [0.717, 1.165) is 18.2 Å². The number of rotatable bonds is 3. The van der Waals surface area contributed by atoms with Crippen molar-refractivity contribution in [1.82, 2.24) is 0 Å². The molecule has 0 aliphatic rings. The lowest BCUT2D eigenvalue weighted by molar-refractivity contribution is 0.0696. The molecule has 0 fully saturated rings. The van der Waals surface area contributed by atoms with Crippen LogP contribution in [-0.2, 0) is 0 Å². The highest BCUT2D eigenvalue weighted by molar-refractivity contribution is 6.31. The number of anilines is 1. The second-order valence-corrected chi connectivity index (χ2v) is 4.55. The van der Waals surface area contributed by atoms with Crippen molar-refractivity contribution in [1.29, 1.82) is 0 Å². The molecule has 2 aromatic rings. The van der Waals surface area contributed by atoms with Gasteiger partial charge in [0.2, 0.25) is 0 Å². The van der Waals surface area contributed by atoms with Gasteiger partial charge in [0.25, 0.3) is 5.91 Å². The number of halogens is 2. The molecule has 0 aromatic heterocycles. The number of phenolic OH excluding ortho intramolecular Hbond substituents is 1. The van der Waals surface area contributed by atoms with Crippen LogP contribution < -0.4 is 5.32 Å². The van der Waals surface area contributed by atoms with Crippen LogP contribution in [0.2, 0.25) is 5.02 Å². The summed E-state index contributed by atoms with van der Waals surface area (Å²) in [6, 6.07) is 6.95. The van der Waals surface area contributed by atoms with Crippen molar-refractivity contribution in [2.75, 3.05) is 5.32 Å². The number of phenols is 1. The van der Waals surface area contributed by atoms with Gasteiger partial charge in [-0.2, -0.15) is 0 Å².